The van der Waals surface area contributed by atoms with E-state index in [2.05, 4.69) is 121 Å². The van der Waals surface area contributed by atoms with Crippen LogP contribution in [0.15, 0.2) is 182 Å². The molecule has 0 bridgehead atoms. The molecule has 0 aromatic heterocycles. The van der Waals surface area contributed by atoms with Crippen LogP contribution in [0.25, 0.3) is 33.4 Å². The van der Waals surface area contributed by atoms with Gasteiger partial charge in [0, 0.05) is 11.4 Å². The molecule has 0 heterocycles. The summed E-state index contributed by atoms with van der Waals surface area (Å²) in [5.74, 6) is 0. The van der Waals surface area contributed by atoms with Gasteiger partial charge in [-0.05, 0) is 86.0 Å². The summed E-state index contributed by atoms with van der Waals surface area (Å²) in [5.41, 5.74) is 11.7. The average Bonchev–Trinajstić information content (AvgIpc) is 3.46. The van der Waals surface area contributed by atoms with E-state index in [9.17, 15) is 0 Å². The maximum atomic E-state index is 8.33. The Morgan fingerprint density at radius 3 is 1.70 bits per heavy atom. The number of fused-ring (bicyclic) bond motifs is 3. The largest absolute Gasteiger partial charge is 0.356 e. The second-order valence-corrected chi connectivity index (χ2v) is 11.1. The molecule has 1 heteroatoms. The van der Waals surface area contributed by atoms with Crippen LogP contribution >= 0.6 is 0 Å². The normalized spacial score (nSPS) is 14.3. The Kier molecular flexibility index (Phi) is 5.21. The molecule has 0 radical (unpaired) electrons. The Balaban J connectivity index is 1.16. The molecule has 0 spiro atoms. The molecular weight excluding hydrogens is 530 g/mol. The molecule has 8 rings (SSSR count). The van der Waals surface area contributed by atoms with E-state index in [0.717, 1.165) is 22.5 Å². The zero-order valence-electron chi connectivity index (χ0n) is 28.9. The number of benzene rings is 7. The first-order chi connectivity index (χ1) is 23.9. The second-order valence-electron chi connectivity index (χ2n) is 11.1. The molecule has 0 amide bonds. The maximum absolute atomic E-state index is 8.33. The van der Waals surface area contributed by atoms with Gasteiger partial charge in [-0.1, -0.05) is 152 Å². The lowest BCUT2D eigenvalue weighted by atomic mass is 9.67. The van der Waals surface area contributed by atoms with Crippen molar-refractivity contribution in [3.8, 4) is 33.4 Å². The summed E-state index contributed by atoms with van der Waals surface area (Å²) in [4.78, 5) is 0. The zero-order valence-corrected chi connectivity index (χ0v) is 23.9. The van der Waals surface area contributed by atoms with E-state index >= 15 is 0 Å². The number of nitrogens with one attached hydrogen (secondary N) is 1. The molecule has 0 saturated carbocycles. The maximum Gasteiger partial charge on any atom is 0.0713 e. The van der Waals surface area contributed by atoms with Crippen LogP contribution in [0, 0.1) is 0 Å². The van der Waals surface area contributed by atoms with E-state index in [1.165, 1.54) is 33.4 Å². The molecule has 44 heavy (non-hydrogen) atoms. The van der Waals surface area contributed by atoms with Gasteiger partial charge in [0.15, 0.2) is 0 Å². The van der Waals surface area contributed by atoms with Gasteiger partial charge in [0.2, 0.25) is 0 Å². The predicted octanol–water partition coefficient (Wildman–Crippen LogP) is 11.1. The van der Waals surface area contributed by atoms with Crippen LogP contribution in [0.4, 0.5) is 11.4 Å². The third kappa shape index (κ3) is 4.33. The number of hydrogen-bond donors (Lipinski definition) is 1. The average molecular weight is 567 g/mol. The molecule has 1 aliphatic rings. The molecule has 0 unspecified atom stereocenters. The molecule has 0 saturated heterocycles. The summed E-state index contributed by atoms with van der Waals surface area (Å²) < 4.78 is 40.6. The van der Waals surface area contributed by atoms with E-state index in [-0.39, 0.29) is 29.7 Å². The zero-order chi connectivity index (χ0) is 33.7. The summed E-state index contributed by atoms with van der Waals surface area (Å²) in [6, 6.07) is 51.3. The highest BCUT2D eigenvalue weighted by Crippen LogP contribution is 2.56. The van der Waals surface area contributed by atoms with Crippen molar-refractivity contribution < 1.29 is 6.85 Å². The van der Waals surface area contributed by atoms with Gasteiger partial charge < -0.3 is 5.32 Å². The van der Waals surface area contributed by atoms with Crippen LogP contribution < -0.4 is 5.32 Å². The van der Waals surface area contributed by atoms with Crippen molar-refractivity contribution in [2.24, 2.45) is 0 Å². The van der Waals surface area contributed by atoms with E-state index in [4.69, 9.17) is 6.85 Å². The molecule has 7 aromatic carbocycles. The summed E-state index contributed by atoms with van der Waals surface area (Å²) in [5, 5.41) is 3.49. The van der Waals surface area contributed by atoms with Crippen molar-refractivity contribution >= 4 is 11.4 Å². The molecule has 0 aliphatic heterocycles. The van der Waals surface area contributed by atoms with Crippen LogP contribution in [-0.4, -0.2) is 0 Å². The summed E-state index contributed by atoms with van der Waals surface area (Å²) in [6.07, 6.45) is 0. The Morgan fingerprint density at radius 2 is 1.00 bits per heavy atom. The minimum Gasteiger partial charge on any atom is -0.356 e. The minimum atomic E-state index is -0.470. The predicted molar refractivity (Wildman–Crippen MR) is 184 cm³/mol. The summed E-state index contributed by atoms with van der Waals surface area (Å²) in [6.45, 7) is 0. The molecule has 7 aromatic rings. The highest BCUT2D eigenvalue weighted by Gasteiger charge is 2.45. The van der Waals surface area contributed by atoms with Gasteiger partial charge in [0.1, 0.15) is 0 Å². The third-order valence-electron chi connectivity index (χ3n) is 8.61. The van der Waals surface area contributed by atoms with Gasteiger partial charge >= 0.3 is 0 Å². The van der Waals surface area contributed by atoms with Gasteiger partial charge in [-0.25, -0.2) is 0 Å². The van der Waals surface area contributed by atoms with Crippen molar-refractivity contribution in [2.75, 3.05) is 5.32 Å². The van der Waals surface area contributed by atoms with Gasteiger partial charge in [-0.3, -0.25) is 0 Å². The van der Waals surface area contributed by atoms with E-state index in [0.29, 0.717) is 5.56 Å². The van der Waals surface area contributed by atoms with Gasteiger partial charge in [-0.15, -0.1) is 0 Å². The first-order valence-corrected chi connectivity index (χ1v) is 14.8. The van der Waals surface area contributed by atoms with E-state index < -0.39 is 11.5 Å². The lowest BCUT2D eigenvalue weighted by Gasteiger charge is -2.34. The summed E-state index contributed by atoms with van der Waals surface area (Å²) in [7, 11) is 0. The fourth-order valence-corrected chi connectivity index (χ4v) is 6.70. The lowest BCUT2D eigenvalue weighted by molar-refractivity contribution is 0.769. The third-order valence-corrected chi connectivity index (χ3v) is 8.61. The molecule has 208 valence electrons. The first kappa shape index (κ1) is 21.1. The van der Waals surface area contributed by atoms with Gasteiger partial charge in [0.05, 0.1) is 12.3 Å². The standard InChI is InChI=1S/C43H31N/c1-3-13-31(14-4-1)32-25-27-37(28-26-32)44-38-20-12-16-34(30-38)33-15-11-19-36(29-33)43(35-17-5-2-6-18-35)41-23-9-7-21-39(41)40-22-8-10-24-42(40)43/h1-30,44H/i1D,3D,4D,13D,14D. The molecular formula is C43H31N. The SMILES string of the molecule is [2H]c1c([2H])c([2H])c(-c2ccc(Nc3cccc(-c4cccc(C5(c6ccccc6)c6ccccc6-c6ccccc65)c4)c3)cc2)c([2H])c1[2H]. The highest BCUT2D eigenvalue weighted by molar-refractivity contribution is 5.87. The minimum absolute atomic E-state index is 0.195. The van der Waals surface area contributed by atoms with Crippen LogP contribution in [-0.2, 0) is 5.41 Å². The highest BCUT2D eigenvalue weighted by atomic mass is 14.9. The monoisotopic (exact) mass is 566 g/mol. The van der Waals surface area contributed by atoms with Crippen molar-refractivity contribution in [1.82, 2.24) is 0 Å². The number of anilines is 2. The molecule has 1 nitrogen and oxygen atoms in total. The van der Waals surface area contributed by atoms with Crippen LogP contribution in [0.1, 0.15) is 29.1 Å². The smallest absolute Gasteiger partial charge is 0.0713 e. The number of rotatable bonds is 6. The fraction of sp³-hybridized carbons (Fsp3) is 0.0233. The lowest BCUT2D eigenvalue weighted by Crippen LogP contribution is -2.28. The van der Waals surface area contributed by atoms with E-state index in [1.54, 1.807) is 12.1 Å². The van der Waals surface area contributed by atoms with Gasteiger partial charge in [-0.2, -0.15) is 0 Å². The Hall–Kier alpha value is -5.66. The van der Waals surface area contributed by atoms with Crippen molar-refractivity contribution in [3.63, 3.8) is 0 Å². The Morgan fingerprint density at radius 1 is 0.409 bits per heavy atom. The Bertz CT molecular complexity index is 2290. The van der Waals surface area contributed by atoms with Crippen molar-refractivity contribution in [3.05, 3.63) is 204 Å². The molecule has 1 N–H and O–H groups in total. The quantitative estimate of drug-likeness (QED) is 0.211. The molecule has 0 atom stereocenters. The molecule has 1 aliphatic carbocycles. The van der Waals surface area contributed by atoms with Gasteiger partial charge in [0.25, 0.3) is 0 Å². The molecule has 0 fully saturated rings. The van der Waals surface area contributed by atoms with Crippen LogP contribution in [0.2, 0.25) is 0 Å². The Labute approximate surface area is 266 Å². The topological polar surface area (TPSA) is 12.0 Å². The van der Waals surface area contributed by atoms with Crippen LogP contribution in [0.5, 0.6) is 0 Å². The van der Waals surface area contributed by atoms with Crippen LogP contribution in [0.3, 0.4) is 0 Å². The summed E-state index contributed by atoms with van der Waals surface area (Å²) >= 11 is 0. The van der Waals surface area contributed by atoms with E-state index in [1.807, 2.05) is 24.3 Å². The number of hydrogen-bond acceptors (Lipinski definition) is 1. The first-order valence-electron chi connectivity index (χ1n) is 17.3. The van der Waals surface area contributed by atoms with Crippen molar-refractivity contribution in [1.29, 1.82) is 0 Å². The fourth-order valence-electron chi connectivity index (χ4n) is 6.70. The van der Waals surface area contributed by atoms with Crippen molar-refractivity contribution in [2.45, 2.75) is 5.41 Å². The second kappa shape index (κ2) is 10.9.